The van der Waals surface area contributed by atoms with Crippen molar-refractivity contribution in [2.45, 2.75) is 27.7 Å². The van der Waals surface area contributed by atoms with Crippen molar-refractivity contribution in [3.05, 3.63) is 93.0 Å². The fourth-order valence-electron chi connectivity index (χ4n) is 4.50. The highest BCUT2D eigenvalue weighted by atomic mass is 19.2. The van der Waals surface area contributed by atoms with Gasteiger partial charge in [0.1, 0.15) is 11.1 Å². The summed E-state index contributed by atoms with van der Waals surface area (Å²) in [6.45, 7) is 6.18. The summed E-state index contributed by atoms with van der Waals surface area (Å²) in [4.78, 5) is 26.7. The maximum atomic E-state index is 15.9. The average Bonchev–Trinajstić information content (AvgIpc) is 3.18. The van der Waals surface area contributed by atoms with Gasteiger partial charge in [-0.1, -0.05) is 0 Å². The lowest BCUT2D eigenvalue weighted by atomic mass is 10.0. The first-order valence-corrected chi connectivity index (χ1v) is 16.3. The van der Waals surface area contributed by atoms with E-state index in [1.165, 1.54) is 59.1 Å². The van der Waals surface area contributed by atoms with E-state index < -0.39 is 58.1 Å². The Morgan fingerprint density at radius 2 is 0.931 bits per heavy atom. The first kappa shape index (κ1) is 48.3. The number of nitrogens with zero attached hydrogens (tertiary/aromatic N) is 4. The zero-order valence-corrected chi connectivity index (χ0v) is 32.0. The summed E-state index contributed by atoms with van der Waals surface area (Å²) in [5, 5.41) is 48.0. The standard InChI is InChI=1S/C32H35F4N15O2.CH4N2.CH5N/c1-13(46-42-5)17-6-19(15(3)48-50-31(38)39)10-21(8-17)44-29(52)23-25(33)24(27(35)28(36)26(23)34)30(53)45-22-9-18(14(2)47-43-12-37)7-20(11-22)16(4)49-51-32(40)41;2-1-3;1-2/h6-12,42H,1-5H3,(H2,37,43)(H,44,52)(H,45,53)(H4,38,39,50)(H4,40,41,51);1H,(H3,2,3);2H2,1H3/b46-13+,47-14-,48-15-,49-16-;;. The molecule has 0 heterocycles. The number of amides is 2. The Balaban J connectivity index is 0.00000321. The number of carbonyl (C=O) groups is 2. The van der Waals surface area contributed by atoms with Crippen LogP contribution in [0.5, 0.6) is 0 Å². The van der Waals surface area contributed by atoms with Crippen LogP contribution < -0.4 is 55.3 Å². The van der Waals surface area contributed by atoms with Crippen molar-refractivity contribution < 1.29 is 27.2 Å². The Morgan fingerprint density at radius 1 is 0.603 bits per heavy atom. The van der Waals surface area contributed by atoms with Crippen LogP contribution in [0.25, 0.3) is 0 Å². The Morgan fingerprint density at radius 3 is 1.24 bits per heavy atom. The molecule has 0 aromatic heterocycles. The number of anilines is 2. The summed E-state index contributed by atoms with van der Waals surface area (Å²) in [7, 11) is 3.04. The Kier molecular flexibility index (Phi) is 19.3. The SMILES string of the molecule is CN.CN/N=C(\C)c1cc(NC(=O)c2c(F)c(F)c(F)c(C(=O)Nc3cc(/C(C)=N\NC=N)cc(/C(C)=N\NC(=N)N)c3)c2F)cc(/C(C)=N\NC(=N)N)c1.N=CN. The van der Waals surface area contributed by atoms with Crippen LogP contribution in [0.2, 0.25) is 0 Å². The minimum atomic E-state index is -2.29. The summed E-state index contributed by atoms with van der Waals surface area (Å²) < 4.78 is 61.2. The second-order valence-electron chi connectivity index (χ2n) is 11.0. The van der Waals surface area contributed by atoms with Crippen LogP contribution in [-0.4, -0.2) is 73.4 Å². The molecule has 0 unspecified atom stereocenters. The normalized spacial score (nSPS) is 11.4. The zero-order chi connectivity index (χ0) is 44.3. The number of hydrogen-bond donors (Lipinski definition) is 14. The number of rotatable bonds is 13. The van der Waals surface area contributed by atoms with E-state index in [1.54, 1.807) is 19.1 Å². The van der Waals surface area contributed by atoms with E-state index in [4.69, 9.17) is 33.1 Å². The van der Waals surface area contributed by atoms with E-state index in [-0.39, 0.29) is 34.1 Å². The molecule has 2 amide bonds. The Bertz CT molecular complexity index is 2170. The summed E-state index contributed by atoms with van der Waals surface area (Å²) in [5.41, 5.74) is 28.0. The van der Waals surface area contributed by atoms with Gasteiger partial charge in [-0.2, -0.15) is 20.4 Å². The molecule has 24 heteroatoms. The second kappa shape index (κ2) is 23.2. The van der Waals surface area contributed by atoms with E-state index in [9.17, 15) is 14.0 Å². The third-order valence-electron chi connectivity index (χ3n) is 7.03. The number of nitrogens with one attached hydrogen (secondary N) is 10. The molecule has 0 aliphatic carbocycles. The predicted molar refractivity (Wildman–Crippen MR) is 218 cm³/mol. The molecule has 0 aliphatic heterocycles. The Labute approximate surface area is 329 Å². The van der Waals surface area contributed by atoms with Gasteiger partial charge in [0.25, 0.3) is 11.8 Å². The first-order valence-electron chi connectivity index (χ1n) is 16.3. The van der Waals surface area contributed by atoms with E-state index in [0.29, 0.717) is 22.4 Å². The number of hydrazone groups is 4. The highest BCUT2D eigenvalue weighted by Crippen LogP contribution is 2.28. The molecule has 3 aromatic rings. The quantitative estimate of drug-likeness (QED) is 0.0298. The number of benzene rings is 3. The van der Waals surface area contributed by atoms with Gasteiger partial charge in [-0.3, -0.25) is 36.7 Å². The van der Waals surface area contributed by atoms with Crippen molar-refractivity contribution in [2.24, 2.45) is 43.3 Å². The number of nitrogens with two attached hydrogens (primary N) is 4. The van der Waals surface area contributed by atoms with Crippen molar-refractivity contribution in [3.63, 3.8) is 0 Å². The molecular formula is C34H44F4N18O2. The largest absolute Gasteiger partial charge is 0.390 e. The summed E-state index contributed by atoms with van der Waals surface area (Å²) in [6, 6.07) is 8.48. The first-order chi connectivity index (χ1) is 27.4. The minimum Gasteiger partial charge on any atom is -0.390 e. The molecule has 3 rings (SSSR count). The molecule has 18 N–H and O–H groups in total. The van der Waals surface area contributed by atoms with Gasteiger partial charge >= 0.3 is 0 Å². The highest BCUT2D eigenvalue weighted by molar-refractivity contribution is 6.12. The van der Waals surface area contributed by atoms with Gasteiger partial charge in [0.2, 0.25) is 11.9 Å². The van der Waals surface area contributed by atoms with E-state index in [2.05, 4.69) is 64.2 Å². The fourth-order valence-corrected chi connectivity index (χ4v) is 4.50. The molecule has 310 valence electrons. The third-order valence-corrected chi connectivity index (χ3v) is 7.03. The van der Waals surface area contributed by atoms with Crippen LogP contribution in [-0.2, 0) is 0 Å². The third kappa shape index (κ3) is 13.5. The minimum absolute atomic E-state index is 0.0877. The molecular weight excluding hydrogens is 768 g/mol. The van der Waals surface area contributed by atoms with Crippen molar-refractivity contribution in [1.82, 2.24) is 21.7 Å². The van der Waals surface area contributed by atoms with Gasteiger partial charge in [0, 0.05) is 40.7 Å². The molecule has 0 spiro atoms. The molecule has 0 atom stereocenters. The fraction of sp³-hybridized carbons (Fsp3) is 0.176. The van der Waals surface area contributed by atoms with Crippen LogP contribution in [0.1, 0.15) is 70.7 Å². The van der Waals surface area contributed by atoms with Crippen molar-refractivity contribution >= 4 is 70.6 Å². The molecule has 3 aromatic carbocycles. The van der Waals surface area contributed by atoms with Gasteiger partial charge < -0.3 is 39.0 Å². The Hall–Kier alpha value is -7.76. The van der Waals surface area contributed by atoms with Gasteiger partial charge in [-0.05, 0) is 71.1 Å². The van der Waals surface area contributed by atoms with Crippen molar-refractivity contribution in [3.8, 4) is 0 Å². The number of carbonyl (C=O) groups excluding carboxylic acids is 2. The van der Waals surface area contributed by atoms with E-state index in [1.807, 2.05) is 0 Å². The van der Waals surface area contributed by atoms with Gasteiger partial charge in [-0.15, -0.1) is 0 Å². The highest BCUT2D eigenvalue weighted by Gasteiger charge is 2.33. The number of halogens is 4. The molecule has 0 fully saturated rings. The molecule has 0 radical (unpaired) electrons. The molecule has 58 heavy (non-hydrogen) atoms. The zero-order valence-electron chi connectivity index (χ0n) is 32.0. The molecule has 0 saturated heterocycles. The maximum absolute atomic E-state index is 15.9. The molecule has 0 saturated carbocycles. The second-order valence-corrected chi connectivity index (χ2v) is 11.0. The summed E-state index contributed by atoms with van der Waals surface area (Å²) >= 11 is 0. The maximum Gasteiger partial charge on any atom is 0.261 e. The van der Waals surface area contributed by atoms with E-state index >= 15 is 13.2 Å². The predicted octanol–water partition coefficient (Wildman–Crippen LogP) is 2.15. The van der Waals surface area contributed by atoms with Crippen LogP contribution in [0.3, 0.4) is 0 Å². The molecule has 0 aliphatic rings. The average molecular weight is 813 g/mol. The van der Waals surface area contributed by atoms with Gasteiger partial charge in [0.05, 0.1) is 35.5 Å². The monoisotopic (exact) mass is 812 g/mol. The summed E-state index contributed by atoms with van der Waals surface area (Å²) in [5.74, 6) is -12.8. The van der Waals surface area contributed by atoms with Gasteiger partial charge in [-0.25, -0.2) is 28.4 Å². The number of guanidine groups is 2. The van der Waals surface area contributed by atoms with Crippen LogP contribution in [0, 0.1) is 44.9 Å². The van der Waals surface area contributed by atoms with E-state index in [0.717, 1.165) is 12.7 Å². The van der Waals surface area contributed by atoms with Crippen LogP contribution in [0.15, 0.2) is 56.8 Å². The van der Waals surface area contributed by atoms with Crippen molar-refractivity contribution in [1.29, 1.82) is 21.6 Å². The topological polar surface area (TPSA) is 355 Å². The van der Waals surface area contributed by atoms with Crippen LogP contribution in [0.4, 0.5) is 28.9 Å². The van der Waals surface area contributed by atoms with Crippen LogP contribution >= 0.6 is 0 Å². The lowest BCUT2D eigenvalue weighted by Gasteiger charge is -2.15. The lowest BCUT2D eigenvalue weighted by molar-refractivity contribution is 0.101. The smallest absolute Gasteiger partial charge is 0.261 e. The van der Waals surface area contributed by atoms with Gasteiger partial charge in [0.15, 0.2) is 23.3 Å². The lowest BCUT2D eigenvalue weighted by Crippen LogP contribution is -2.26. The number of hydrogen-bond acceptors (Lipinski definition) is 12. The summed E-state index contributed by atoms with van der Waals surface area (Å²) in [6.07, 6.45) is 1.54. The molecule has 20 nitrogen and oxygen atoms in total. The van der Waals surface area contributed by atoms with Crippen molar-refractivity contribution in [2.75, 3.05) is 24.7 Å². The molecule has 0 bridgehead atoms.